The molecule has 0 saturated heterocycles. The van der Waals surface area contributed by atoms with Crippen LogP contribution in [0.15, 0.2) is 18.2 Å². The van der Waals surface area contributed by atoms with Crippen molar-refractivity contribution in [3.8, 4) is 5.75 Å². The van der Waals surface area contributed by atoms with Crippen LogP contribution in [-0.2, 0) is 5.41 Å². The second-order valence-corrected chi connectivity index (χ2v) is 7.07. The van der Waals surface area contributed by atoms with Gasteiger partial charge in [-0.05, 0) is 41.9 Å². The van der Waals surface area contributed by atoms with Gasteiger partial charge >= 0.3 is 0 Å². The Hall–Kier alpha value is -1.02. The Morgan fingerprint density at radius 2 is 1.67 bits per heavy atom. The van der Waals surface area contributed by atoms with E-state index in [2.05, 4.69) is 34.6 Å². The molecule has 102 valence electrons. The van der Waals surface area contributed by atoms with Crippen LogP contribution < -0.4 is 0 Å². The van der Waals surface area contributed by atoms with Gasteiger partial charge in [0.1, 0.15) is 5.75 Å². The number of aliphatic hydroxyl groups excluding tert-OH is 1. The van der Waals surface area contributed by atoms with Crippen LogP contribution in [0.4, 0.5) is 0 Å². The number of hydrogen-bond acceptors (Lipinski definition) is 2. The molecular weight excluding hydrogens is 224 g/mol. The highest BCUT2D eigenvalue weighted by atomic mass is 16.3. The molecule has 1 aromatic carbocycles. The minimum Gasteiger partial charge on any atom is -0.508 e. The molecule has 0 bridgehead atoms. The van der Waals surface area contributed by atoms with Crippen molar-refractivity contribution >= 4 is 0 Å². The molecule has 0 saturated carbocycles. The lowest BCUT2D eigenvalue weighted by Gasteiger charge is -2.33. The van der Waals surface area contributed by atoms with E-state index in [0.717, 1.165) is 12.0 Å². The van der Waals surface area contributed by atoms with E-state index in [0.29, 0.717) is 5.56 Å². The molecule has 0 aliphatic rings. The number of benzene rings is 1. The molecule has 2 heteroatoms. The SMILES string of the molecule is CC(O)c1cc(C(C)(C)CC(C)(C)C)ccc1O. The molecule has 0 aliphatic carbocycles. The van der Waals surface area contributed by atoms with Gasteiger partial charge in [0.05, 0.1) is 6.10 Å². The summed E-state index contributed by atoms with van der Waals surface area (Å²) in [7, 11) is 0. The number of aromatic hydroxyl groups is 1. The highest BCUT2D eigenvalue weighted by molar-refractivity contribution is 5.40. The van der Waals surface area contributed by atoms with Crippen molar-refractivity contribution in [2.45, 2.75) is 59.5 Å². The molecule has 0 aliphatic heterocycles. The van der Waals surface area contributed by atoms with E-state index in [1.54, 1.807) is 13.0 Å². The molecule has 0 heterocycles. The van der Waals surface area contributed by atoms with Gasteiger partial charge in [0.25, 0.3) is 0 Å². The highest BCUT2D eigenvalue weighted by Crippen LogP contribution is 2.38. The van der Waals surface area contributed by atoms with E-state index in [9.17, 15) is 10.2 Å². The van der Waals surface area contributed by atoms with Crippen LogP contribution in [-0.4, -0.2) is 10.2 Å². The first-order valence-corrected chi connectivity index (χ1v) is 6.54. The summed E-state index contributed by atoms with van der Waals surface area (Å²) in [6.07, 6.45) is 0.402. The summed E-state index contributed by atoms with van der Waals surface area (Å²) in [6, 6.07) is 5.56. The fraction of sp³-hybridized carbons (Fsp3) is 0.625. The van der Waals surface area contributed by atoms with Crippen LogP contribution >= 0.6 is 0 Å². The Balaban J connectivity index is 3.13. The lowest BCUT2D eigenvalue weighted by Crippen LogP contribution is -2.25. The predicted molar refractivity (Wildman–Crippen MR) is 75.8 cm³/mol. The van der Waals surface area contributed by atoms with Gasteiger partial charge in [-0.3, -0.25) is 0 Å². The van der Waals surface area contributed by atoms with E-state index in [-0.39, 0.29) is 16.6 Å². The van der Waals surface area contributed by atoms with Crippen LogP contribution in [0.1, 0.15) is 65.2 Å². The van der Waals surface area contributed by atoms with Crippen molar-refractivity contribution < 1.29 is 10.2 Å². The molecule has 1 unspecified atom stereocenters. The van der Waals surface area contributed by atoms with E-state index in [4.69, 9.17) is 0 Å². The van der Waals surface area contributed by atoms with Crippen molar-refractivity contribution in [3.05, 3.63) is 29.3 Å². The fourth-order valence-corrected chi connectivity index (χ4v) is 2.74. The van der Waals surface area contributed by atoms with Crippen LogP contribution in [0, 0.1) is 5.41 Å². The van der Waals surface area contributed by atoms with Crippen LogP contribution in [0.5, 0.6) is 5.75 Å². The summed E-state index contributed by atoms with van der Waals surface area (Å²) < 4.78 is 0. The summed E-state index contributed by atoms with van der Waals surface area (Å²) >= 11 is 0. The van der Waals surface area contributed by atoms with Gasteiger partial charge in [-0.2, -0.15) is 0 Å². The average Bonchev–Trinajstić information content (AvgIpc) is 2.13. The van der Waals surface area contributed by atoms with Crippen molar-refractivity contribution in [2.24, 2.45) is 5.41 Å². The predicted octanol–water partition coefficient (Wildman–Crippen LogP) is 4.16. The zero-order valence-corrected chi connectivity index (χ0v) is 12.4. The Bertz CT molecular complexity index is 412. The Morgan fingerprint density at radius 3 is 2.11 bits per heavy atom. The van der Waals surface area contributed by atoms with Gasteiger partial charge < -0.3 is 10.2 Å². The molecule has 2 N–H and O–H groups in total. The zero-order chi connectivity index (χ0) is 14.1. The second-order valence-electron chi connectivity index (χ2n) is 7.07. The number of aliphatic hydroxyl groups is 1. The van der Waals surface area contributed by atoms with Crippen molar-refractivity contribution in [2.75, 3.05) is 0 Å². The van der Waals surface area contributed by atoms with Gasteiger partial charge in [-0.15, -0.1) is 0 Å². The molecule has 18 heavy (non-hydrogen) atoms. The summed E-state index contributed by atoms with van der Waals surface area (Å²) in [4.78, 5) is 0. The molecule has 0 amide bonds. The number of phenols is 1. The van der Waals surface area contributed by atoms with E-state index >= 15 is 0 Å². The average molecular weight is 250 g/mol. The number of phenolic OH excluding ortho intramolecular Hbond substituents is 1. The first-order chi connectivity index (χ1) is 8.03. The third-order valence-corrected chi connectivity index (χ3v) is 3.23. The maximum absolute atomic E-state index is 9.74. The molecule has 0 aromatic heterocycles. The Kier molecular flexibility index (Phi) is 4.12. The third kappa shape index (κ3) is 3.74. The normalized spacial score (nSPS) is 14.6. The maximum Gasteiger partial charge on any atom is 0.121 e. The smallest absolute Gasteiger partial charge is 0.121 e. The van der Waals surface area contributed by atoms with E-state index in [1.807, 2.05) is 12.1 Å². The van der Waals surface area contributed by atoms with E-state index < -0.39 is 6.10 Å². The summed E-state index contributed by atoms with van der Waals surface area (Å²) in [5, 5.41) is 19.4. The number of rotatable bonds is 3. The zero-order valence-electron chi connectivity index (χ0n) is 12.4. The lowest BCUT2D eigenvalue weighted by molar-refractivity contribution is 0.194. The van der Waals surface area contributed by atoms with Gasteiger partial charge in [0, 0.05) is 5.56 Å². The minimum absolute atomic E-state index is 0.0234. The van der Waals surface area contributed by atoms with Crippen LogP contribution in [0.25, 0.3) is 0 Å². The molecule has 2 nitrogen and oxygen atoms in total. The highest BCUT2D eigenvalue weighted by Gasteiger charge is 2.28. The number of hydrogen-bond donors (Lipinski definition) is 2. The van der Waals surface area contributed by atoms with Crippen molar-refractivity contribution in [1.82, 2.24) is 0 Å². The fourth-order valence-electron chi connectivity index (χ4n) is 2.74. The van der Waals surface area contributed by atoms with Crippen molar-refractivity contribution in [3.63, 3.8) is 0 Å². The van der Waals surface area contributed by atoms with Gasteiger partial charge in [0.15, 0.2) is 0 Å². The first kappa shape index (κ1) is 15.0. The molecule has 1 aromatic rings. The molecule has 1 atom stereocenters. The van der Waals surface area contributed by atoms with Crippen LogP contribution in [0.2, 0.25) is 0 Å². The molecular formula is C16H26O2. The molecule has 1 rings (SSSR count). The van der Waals surface area contributed by atoms with Crippen LogP contribution in [0.3, 0.4) is 0 Å². The van der Waals surface area contributed by atoms with E-state index in [1.165, 1.54) is 0 Å². The standard InChI is InChI=1S/C16H26O2/c1-11(17)13-9-12(7-8-14(13)18)16(5,6)10-15(2,3)4/h7-9,11,17-18H,10H2,1-6H3. The van der Waals surface area contributed by atoms with Gasteiger partial charge in [-0.25, -0.2) is 0 Å². The molecule has 0 fully saturated rings. The molecule has 0 radical (unpaired) electrons. The third-order valence-electron chi connectivity index (χ3n) is 3.23. The Labute approximate surface area is 111 Å². The topological polar surface area (TPSA) is 40.5 Å². The second kappa shape index (κ2) is 4.93. The molecule has 0 spiro atoms. The van der Waals surface area contributed by atoms with Gasteiger partial charge in [0.2, 0.25) is 0 Å². The summed E-state index contributed by atoms with van der Waals surface area (Å²) in [6.45, 7) is 12.8. The van der Waals surface area contributed by atoms with Crippen molar-refractivity contribution in [1.29, 1.82) is 0 Å². The monoisotopic (exact) mass is 250 g/mol. The Morgan fingerprint density at radius 1 is 1.11 bits per heavy atom. The quantitative estimate of drug-likeness (QED) is 0.845. The first-order valence-electron chi connectivity index (χ1n) is 6.54. The lowest BCUT2D eigenvalue weighted by atomic mass is 9.72. The summed E-state index contributed by atoms with van der Waals surface area (Å²) in [5.41, 5.74) is 2.03. The largest absolute Gasteiger partial charge is 0.508 e. The maximum atomic E-state index is 9.74. The summed E-state index contributed by atoms with van der Waals surface area (Å²) in [5.74, 6) is 0.167. The minimum atomic E-state index is -0.643. The van der Waals surface area contributed by atoms with Gasteiger partial charge in [-0.1, -0.05) is 40.7 Å².